The zero-order valence-corrected chi connectivity index (χ0v) is 13.9. The van der Waals surface area contributed by atoms with Crippen LogP contribution < -0.4 is 15.4 Å². The topological polar surface area (TPSA) is 85.9 Å². The van der Waals surface area contributed by atoms with Crippen LogP contribution in [0.5, 0.6) is 5.75 Å². The molecule has 24 heavy (non-hydrogen) atoms. The van der Waals surface area contributed by atoms with Gasteiger partial charge in [-0.3, -0.25) is 4.79 Å². The molecule has 0 bridgehead atoms. The van der Waals surface area contributed by atoms with Crippen molar-refractivity contribution in [2.24, 2.45) is 0 Å². The SMILES string of the molecule is COC(=O)CCCOc1ccc(NC(=O)N[C@H]2CCCOC2)cc1. The number of methoxy groups -OCH3 is 1. The van der Waals surface area contributed by atoms with Gasteiger partial charge in [0.15, 0.2) is 0 Å². The van der Waals surface area contributed by atoms with Crippen LogP contribution in [0.3, 0.4) is 0 Å². The Bertz CT molecular complexity index is 526. The van der Waals surface area contributed by atoms with Crippen molar-refractivity contribution in [1.29, 1.82) is 0 Å². The number of urea groups is 1. The average Bonchev–Trinajstić information content (AvgIpc) is 2.60. The summed E-state index contributed by atoms with van der Waals surface area (Å²) in [5.41, 5.74) is 0.686. The lowest BCUT2D eigenvalue weighted by Gasteiger charge is -2.23. The minimum Gasteiger partial charge on any atom is -0.494 e. The van der Waals surface area contributed by atoms with Crippen molar-refractivity contribution in [2.75, 3.05) is 32.2 Å². The molecule has 132 valence electrons. The summed E-state index contributed by atoms with van der Waals surface area (Å²) >= 11 is 0. The van der Waals surface area contributed by atoms with Crippen molar-refractivity contribution in [3.63, 3.8) is 0 Å². The lowest BCUT2D eigenvalue weighted by Crippen LogP contribution is -2.42. The zero-order chi connectivity index (χ0) is 17.2. The van der Waals surface area contributed by atoms with Crippen LogP contribution in [0.1, 0.15) is 25.7 Å². The van der Waals surface area contributed by atoms with Gasteiger partial charge in [0, 0.05) is 18.7 Å². The monoisotopic (exact) mass is 336 g/mol. The molecule has 1 saturated heterocycles. The van der Waals surface area contributed by atoms with E-state index in [9.17, 15) is 9.59 Å². The Morgan fingerprint density at radius 2 is 2.08 bits per heavy atom. The summed E-state index contributed by atoms with van der Waals surface area (Å²) in [4.78, 5) is 22.9. The third-order valence-electron chi connectivity index (χ3n) is 3.63. The van der Waals surface area contributed by atoms with E-state index in [1.54, 1.807) is 24.3 Å². The number of hydrogen-bond acceptors (Lipinski definition) is 5. The highest BCUT2D eigenvalue weighted by molar-refractivity contribution is 5.89. The van der Waals surface area contributed by atoms with Gasteiger partial charge in [-0.2, -0.15) is 0 Å². The number of carbonyl (C=O) groups excluding carboxylic acids is 2. The van der Waals surface area contributed by atoms with E-state index in [2.05, 4.69) is 15.4 Å². The number of carbonyl (C=O) groups is 2. The molecule has 7 heteroatoms. The molecular formula is C17H24N2O5. The molecule has 0 aliphatic carbocycles. The fraction of sp³-hybridized carbons (Fsp3) is 0.529. The number of benzene rings is 1. The average molecular weight is 336 g/mol. The minimum atomic E-state index is -0.243. The summed E-state index contributed by atoms with van der Waals surface area (Å²) in [5, 5.41) is 5.67. The zero-order valence-electron chi connectivity index (χ0n) is 13.9. The second kappa shape index (κ2) is 9.77. The summed E-state index contributed by atoms with van der Waals surface area (Å²) in [6.07, 6.45) is 2.83. The minimum absolute atomic E-state index is 0.0659. The van der Waals surface area contributed by atoms with Gasteiger partial charge in [0.2, 0.25) is 0 Å². The second-order valence-electron chi connectivity index (χ2n) is 5.57. The number of nitrogens with one attached hydrogen (secondary N) is 2. The van der Waals surface area contributed by atoms with Gasteiger partial charge in [-0.05, 0) is 43.5 Å². The first kappa shape index (κ1) is 18.1. The Kier molecular flexibility index (Phi) is 7.35. The van der Waals surface area contributed by atoms with E-state index < -0.39 is 0 Å². The first-order valence-electron chi connectivity index (χ1n) is 8.12. The second-order valence-corrected chi connectivity index (χ2v) is 5.57. The smallest absolute Gasteiger partial charge is 0.319 e. The van der Waals surface area contributed by atoms with E-state index in [4.69, 9.17) is 9.47 Å². The van der Waals surface area contributed by atoms with Crippen LogP contribution in [0, 0.1) is 0 Å². The Hall–Kier alpha value is -2.28. The van der Waals surface area contributed by atoms with Gasteiger partial charge in [0.25, 0.3) is 0 Å². The largest absolute Gasteiger partial charge is 0.494 e. The fourth-order valence-corrected chi connectivity index (χ4v) is 2.35. The number of ether oxygens (including phenoxy) is 3. The summed E-state index contributed by atoms with van der Waals surface area (Å²) in [6, 6.07) is 6.92. The number of anilines is 1. The van der Waals surface area contributed by atoms with Gasteiger partial charge in [-0.25, -0.2) is 4.79 Å². The van der Waals surface area contributed by atoms with Crippen LogP contribution in [0.2, 0.25) is 0 Å². The molecule has 0 saturated carbocycles. The van der Waals surface area contributed by atoms with Crippen molar-refractivity contribution < 1.29 is 23.8 Å². The molecule has 1 aliphatic rings. The van der Waals surface area contributed by atoms with E-state index in [0.29, 0.717) is 37.5 Å². The summed E-state index contributed by atoms with van der Waals surface area (Å²) in [5.74, 6) is 0.444. The van der Waals surface area contributed by atoms with E-state index in [1.807, 2.05) is 0 Å². The lowest BCUT2D eigenvalue weighted by molar-refractivity contribution is -0.140. The lowest BCUT2D eigenvalue weighted by atomic mass is 10.1. The van der Waals surface area contributed by atoms with Crippen LogP contribution >= 0.6 is 0 Å². The third kappa shape index (κ3) is 6.45. The normalized spacial score (nSPS) is 17.0. The maximum Gasteiger partial charge on any atom is 0.319 e. The number of rotatable bonds is 7. The molecule has 2 amide bonds. The highest BCUT2D eigenvalue weighted by Gasteiger charge is 2.16. The molecule has 0 aromatic heterocycles. The summed E-state index contributed by atoms with van der Waals surface area (Å²) in [6.45, 7) is 1.76. The number of amides is 2. The number of esters is 1. The van der Waals surface area contributed by atoms with E-state index in [1.165, 1.54) is 7.11 Å². The molecule has 1 aromatic carbocycles. The van der Waals surface area contributed by atoms with Crippen molar-refractivity contribution in [3.8, 4) is 5.75 Å². The fourth-order valence-electron chi connectivity index (χ4n) is 2.35. The maximum absolute atomic E-state index is 11.9. The predicted molar refractivity (Wildman–Crippen MR) is 89.2 cm³/mol. The molecule has 2 rings (SSSR count). The van der Waals surface area contributed by atoms with Gasteiger partial charge in [0.1, 0.15) is 5.75 Å². The maximum atomic E-state index is 11.9. The van der Waals surface area contributed by atoms with E-state index in [0.717, 1.165) is 19.4 Å². The molecule has 1 aromatic rings. The van der Waals surface area contributed by atoms with Crippen LogP contribution in [-0.2, 0) is 14.3 Å². The Balaban J connectivity index is 1.69. The highest BCUT2D eigenvalue weighted by atomic mass is 16.5. The number of hydrogen-bond donors (Lipinski definition) is 2. The van der Waals surface area contributed by atoms with Gasteiger partial charge in [-0.15, -0.1) is 0 Å². The molecule has 1 heterocycles. The van der Waals surface area contributed by atoms with Crippen LogP contribution in [0.4, 0.5) is 10.5 Å². The Labute approximate surface area is 141 Å². The summed E-state index contributed by atoms with van der Waals surface area (Å²) in [7, 11) is 1.37. The van der Waals surface area contributed by atoms with E-state index >= 15 is 0 Å². The van der Waals surface area contributed by atoms with Crippen LogP contribution in [0.15, 0.2) is 24.3 Å². The molecule has 0 radical (unpaired) electrons. The van der Waals surface area contributed by atoms with Crippen molar-refractivity contribution in [3.05, 3.63) is 24.3 Å². The van der Waals surface area contributed by atoms with E-state index in [-0.39, 0.29) is 18.0 Å². The highest BCUT2D eigenvalue weighted by Crippen LogP contribution is 2.16. The van der Waals surface area contributed by atoms with Gasteiger partial charge in [-0.1, -0.05) is 0 Å². The van der Waals surface area contributed by atoms with Gasteiger partial charge in [0.05, 0.1) is 26.4 Å². The molecular weight excluding hydrogens is 312 g/mol. The standard InChI is InChI=1S/C17H24N2O5/c1-22-16(20)5-3-11-24-15-8-6-13(7-9-15)18-17(21)19-14-4-2-10-23-12-14/h6-9,14H,2-5,10-12H2,1H3,(H2,18,19,21)/t14-/m0/s1. The van der Waals surface area contributed by atoms with Crippen LogP contribution in [0.25, 0.3) is 0 Å². The van der Waals surface area contributed by atoms with Crippen molar-refractivity contribution in [1.82, 2.24) is 5.32 Å². The van der Waals surface area contributed by atoms with Crippen molar-refractivity contribution >= 4 is 17.7 Å². The predicted octanol–water partition coefficient (Wildman–Crippen LogP) is 2.32. The molecule has 7 nitrogen and oxygen atoms in total. The van der Waals surface area contributed by atoms with Gasteiger partial charge >= 0.3 is 12.0 Å². The van der Waals surface area contributed by atoms with Crippen LogP contribution in [-0.4, -0.2) is 45.0 Å². The summed E-state index contributed by atoms with van der Waals surface area (Å²) < 4.78 is 15.4. The quantitative estimate of drug-likeness (QED) is 0.589. The Morgan fingerprint density at radius 1 is 1.29 bits per heavy atom. The van der Waals surface area contributed by atoms with Gasteiger partial charge < -0.3 is 24.8 Å². The van der Waals surface area contributed by atoms with Crippen molar-refractivity contribution in [2.45, 2.75) is 31.7 Å². The Morgan fingerprint density at radius 3 is 2.75 bits per heavy atom. The first-order chi connectivity index (χ1) is 11.7. The third-order valence-corrected chi connectivity index (χ3v) is 3.63. The molecule has 1 fully saturated rings. The molecule has 2 N–H and O–H groups in total. The molecule has 1 aliphatic heterocycles. The molecule has 1 atom stereocenters. The molecule has 0 spiro atoms. The molecule has 0 unspecified atom stereocenters. The first-order valence-corrected chi connectivity index (χ1v) is 8.12.